The minimum Gasteiger partial charge on any atom is -0.496 e. The van der Waals surface area contributed by atoms with Crippen LogP contribution in [0.1, 0.15) is 37.7 Å². The fraction of sp³-hybridized carbons (Fsp3) is 0.389. The Balaban J connectivity index is 1.77. The predicted molar refractivity (Wildman–Crippen MR) is 101 cm³/mol. The summed E-state index contributed by atoms with van der Waals surface area (Å²) in [7, 11) is 1.57. The lowest BCUT2D eigenvalue weighted by molar-refractivity contribution is -0.126. The van der Waals surface area contributed by atoms with Crippen LogP contribution in [-0.4, -0.2) is 24.0 Å². The molecule has 2 rings (SSSR count). The fourth-order valence-corrected chi connectivity index (χ4v) is 2.89. The molecule has 0 aromatic heterocycles. The van der Waals surface area contributed by atoms with Crippen molar-refractivity contribution in [1.29, 1.82) is 0 Å². The number of hydrogen-bond donors (Lipinski definition) is 3. The SMILES string of the molecule is COc1ccccc1/C=C/C(=O)NC(=S)NNC(=O)C1CCCCC1. The minimum absolute atomic E-state index is 0.0187. The lowest BCUT2D eigenvalue weighted by Gasteiger charge is -2.21. The van der Waals surface area contributed by atoms with Crippen LogP contribution in [0, 0.1) is 5.92 Å². The number of benzene rings is 1. The molecule has 1 fully saturated rings. The second-order valence-electron chi connectivity index (χ2n) is 5.84. The Morgan fingerprint density at radius 2 is 1.88 bits per heavy atom. The first-order chi connectivity index (χ1) is 12.1. The lowest BCUT2D eigenvalue weighted by atomic mass is 9.89. The molecule has 7 heteroatoms. The van der Waals surface area contributed by atoms with Crippen LogP contribution in [0.5, 0.6) is 5.75 Å². The molecule has 1 aliphatic rings. The van der Waals surface area contributed by atoms with Crippen LogP contribution in [0.2, 0.25) is 0 Å². The third-order valence-electron chi connectivity index (χ3n) is 4.07. The molecule has 0 heterocycles. The molecule has 0 aliphatic heterocycles. The van der Waals surface area contributed by atoms with E-state index in [2.05, 4.69) is 16.2 Å². The van der Waals surface area contributed by atoms with Gasteiger partial charge in [0, 0.05) is 17.6 Å². The Bertz CT molecular complexity index is 655. The number of amides is 2. The van der Waals surface area contributed by atoms with E-state index in [0.717, 1.165) is 31.2 Å². The van der Waals surface area contributed by atoms with E-state index in [1.54, 1.807) is 13.2 Å². The quantitative estimate of drug-likeness (QED) is 0.436. The monoisotopic (exact) mass is 361 g/mol. The van der Waals surface area contributed by atoms with Crippen LogP contribution in [0.4, 0.5) is 0 Å². The molecule has 0 saturated heterocycles. The number of hydrazine groups is 1. The topological polar surface area (TPSA) is 79.5 Å². The van der Waals surface area contributed by atoms with E-state index in [1.165, 1.54) is 12.5 Å². The predicted octanol–water partition coefficient (Wildman–Crippen LogP) is 2.31. The zero-order chi connectivity index (χ0) is 18.1. The first-order valence-corrected chi connectivity index (χ1v) is 8.73. The van der Waals surface area contributed by atoms with Gasteiger partial charge in [0.25, 0.3) is 0 Å². The highest BCUT2D eigenvalue weighted by Crippen LogP contribution is 2.23. The molecule has 0 radical (unpaired) electrons. The molecular formula is C18H23N3O3S. The zero-order valence-electron chi connectivity index (χ0n) is 14.2. The van der Waals surface area contributed by atoms with Crippen LogP contribution in [0.3, 0.4) is 0 Å². The summed E-state index contributed by atoms with van der Waals surface area (Å²) in [4.78, 5) is 23.9. The average molecular weight is 361 g/mol. The highest BCUT2D eigenvalue weighted by molar-refractivity contribution is 7.80. The Hall–Kier alpha value is -2.41. The summed E-state index contributed by atoms with van der Waals surface area (Å²) in [5, 5.41) is 2.54. The summed E-state index contributed by atoms with van der Waals surface area (Å²) in [6.07, 6.45) is 8.12. The highest BCUT2D eigenvalue weighted by Gasteiger charge is 2.20. The fourth-order valence-electron chi connectivity index (χ4n) is 2.74. The number of hydrogen-bond acceptors (Lipinski definition) is 4. The second-order valence-corrected chi connectivity index (χ2v) is 6.25. The molecule has 1 saturated carbocycles. The number of methoxy groups -OCH3 is 1. The number of para-hydroxylation sites is 1. The van der Waals surface area contributed by atoms with Gasteiger partial charge >= 0.3 is 0 Å². The first-order valence-electron chi connectivity index (χ1n) is 8.32. The summed E-state index contributed by atoms with van der Waals surface area (Å²) in [6, 6.07) is 7.35. The first kappa shape index (κ1) is 18.9. The number of carbonyl (C=O) groups excluding carboxylic acids is 2. The molecule has 0 atom stereocenters. The molecule has 0 bridgehead atoms. The molecule has 0 spiro atoms. The van der Waals surface area contributed by atoms with Gasteiger partial charge in [-0.2, -0.15) is 0 Å². The summed E-state index contributed by atoms with van der Waals surface area (Å²) in [6.45, 7) is 0. The third-order valence-corrected chi connectivity index (χ3v) is 4.27. The average Bonchev–Trinajstić information content (AvgIpc) is 2.65. The van der Waals surface area contributed by atoms with Gasteiger partial charge in [0.2, 0.25) is 11.8 Å². The summed E-state index contributed by atoms with van der Waals surface area (Å²) in [5.41, 5.74) is 5.92. The van der Waals surface area contributed by atoms with E-state index in [0.29, 0.717) is 5.75 Å². The summed E-state index contributed by atoms with van der Waals surface area (Å²) < 4.78 is 5.21. The smallest absolute Gasteiger partial charge is 0.250 e. The Morgan fingerprint density at radius 1 is 1.16 bits per heavy atom. The van der Waals surface area contributed by atoms with Gasteiger partial charge in [-0.25, -0.2) is 0 Å². The van der Waals surface area contributed by atoms with E-state index in [1.807, 2.05) is 24.3 Å². The van der Waals surface area contributed by atoms with Gasteiger partial charge in [-0.05, 0) is 37.2 Å². The van der Waals surface area contributed by atoms with Crippen molar-refractivity contribution in [2.45, 2.75) is 32.1 Å². The molecule has 3 N–H and O–H groups in total. The van der Waals surface area contributed by atoms with Crippen molar-refractivity contribution in [3.8, 4) is 5.75 Å². The van der Waals surface area contributed by atoms with Gasteiger partial charge in [-0.3, -0.25) is 25.8 Å². The molecule has 1 aliphatic carbocycles. The Morgan fingerprint density at radius 3 is 2.60 bits per heavy atom. The summed E-state index contributed by atoms with van der Waals surface area (Å²) in [5.74, 6) is 0.216. The second kappa shape index (κ2) is 9.78. The lowest BCUT2D eigenvalue weighted by Crippen LogP contribution is -2.50. The summed E-state index contributed by atoms with van der Waals surface area (Å²) >= 11 is 5.01. The van der Waals surface area contributed by atoms with Crippen molar-refractivity contribution < 1.29 is 14.3 Å². The van der Waals surface area contributed by atoms with Crippen molar-refractivity contribution in [1.82, 2.24) is 16.2 Å². The maximum absolute atomic E-state index is 12.0. The van der Waals surface area contributed by atoms with Crippen molar-refractivity contribution >= 4 is 35.2 Å². The number of ether oxygens (including phenoxy) is 1. The van der Waals surface area contributed by atoms with Gasteiger partial charge in [-0.1, -0.05) is 37.5 Å². The van der Waals surface area contributed by atoms with E-state index in [-0.39, 0.29) is 16.9 Å². The van der Waals surface area contributed by atoms with Crippen molar-refractivity contribution in [3.05, 3.63) is 35.9 Å². The van der Waals surface area contributed by atoms with Crippen molar-refractivity contribution in [2.24, 2.45) is 5.92 Å². The molecule has 25 heavy (non-hydrogen) atoms. The van der Waals surface area contributed by atoms with E-state index in [4.69, 9.17) is 17.0 Å². The number of nitrogens with one attached hydrogen (secondary N) is 3. The molecule has 1 aromatic carbocycles. The van der Waals surface area contributed by atoms with Crippen molar-refractivity contribution in [2.75, 3.05) is 7.11 Å². The number of rotatable bonds is 4. The van der Waals surface area contributed by atoms with Crippen LogP contribution in [0.25, 0.3) is 6.08 Å². The molecular weight excluding hydrogens is 338 g/mol. The minimum atomic E-state index is -0.393. The number of thiocarbonyl (C=S) groups is 1. The van der Waals surface area contributed by atoms with Crippen LogP contribution in [0.15, 0.2) is 30.3 Å². The van der Waals surface area contributed by atoms with Gasteiger partial charge in [0.15, 0.2) is 5.11 Å². The van der Waals surface area contributed by atoms with Crippen LogP contribution >= 0.6 is 12.2 Å². The molecule has 0 unspecified atom stereocenters. The van der Waals surface area contributed by atoms with Gasteiger partial charge < -0.3 is 4.74 Å². The molecule has 2 amide bonds. The van der Waals surface area contributed by atoms with E-state index < -0.39 is 5.91 Å². The largest absolute Gasteiger partial charge is 0.496 e. The Labute approximate surface area is 153 Å². The van der Waals surface area contributed by atoms with E-state index in [9.17, 15) is 9.59 Å². The van der Waals surface area contributed by atoms with E-state index >= 15 is 0 Å². The van der Waals surface area contributed by atoms with Crippen molar-refractivity contribution in [3.63, 3.8) is 0 Å². The zero-order valence-corrected chi connectivity index (χ0v) is 15.0. The molecule has 134 valence electrons. The van der Waals surface area contributed by atoms with Gasteiger partial charge in [-0.15, -0.1) is 0 Å². The standard InChI is InChI=1S/C18H23N3O3S/c1-24-15-10-6-5-7-13(15)11-12-16(22)19-18(25)21-20-17(23)14-8-3-2-4-9-14/h5-7,10-12,14H,2-4,8-9H2,1H3,(H,20,23)(H2,19,21,22,25)/b12-11+. The molecule has 6 nitrogen and oxygen atoms in total. The maximum Gasteiger partial charge on any atom is 0.250 e. The van der Waals surface area contributed by atoms with Crippen LogP contribution < -0.4 is 20.9 Å². The highest BCUT2D eigenvalue weighted by atomic mass is 32.1. The van der Waals surface area contributed by atoms with Gasteiger partial charge in [0.1, 0.15) is 5.75 Å². The normalized spacial score (nSPS) is 14.8. The molecule has 1 aromatic rings. The van der Waals surface area contributed by atoms with Crippen LogP contribution in [-0.2, 0) is 9.59 Å². The number of carbonyl (C=O) groups is 2. The third kappa shape index (κ3) is 6.19. The maximum atomic E-state index is 12.0. The Kier molecular flexibility index (Phi) is 7.40. The van der Waals surface area contributed by atoms with Gasteiger partial charge in [0.05, 0.1) is 7.11 Å².